The van der Waals surface area contributed by atoms with Gasteiger partial charge in [-0.1, -0.05) is 37.1 Å². The van der Waals surface area contributed by atoms with E-state index < -0.39 is 0 Å². The Kier molecular flexibility index (Phi) is 2.89. The molecule has 2 nitrogen and oxygen atoms in total. The number of esters is 1. The summed E-state index contributed by atoms with van der Waals surface area (Å²) in [5.74, 6) is 0.466. The molecule has 1 saturated carbocycles. The van der Waals surface area contributed by atoms with Crippen molar-refractivity contribution in [3.05, 3.63) is 35.4 Å². The molecule has 1 aromatic rings. The highest BCUT2D eigenvalue weighted by Gasteiger charge is 2.51. The Hall–Kier alpha value is -1.31. The predicted molar refractivity (Wildman–Crippen MR) is 70.4 cm³/mol. The quantitative estimate of drug-likeness (QED) is 0.709. The second-order valence-corrected chi connectivity index (χ2v) is 5.60. The van der Waals surface area contributed by atoms with Crippen molar-refractivity contribution in [1.29, 1.82) is 0 Å². The maximum Gasteiger partial charge on any atom is 0.316 e. The lowest BCUT2D eigenvalue weighted by molar-refractivity contribution is -0.152. The molecule has 18 heavy (non-hydrogen) atoms. The van der Waals surface area contributed by atoms with Gasteiger partial charge < -0.3 is 4.74 Å². The molecule has 0 heterocycles. The summed E-state index contributed by atoms with van der Waals surface area (Å²) in [5.41, 5.74) is 2.25. The molecule has 0 amide bonds. The van der Waals surface area contributed by atoms with Crippen molar-refractivity contribution < 1.29 is 9.53 Å². The number of hydrogen-bond acceptors (Lipinski definition) is 2. The molecule has 3 rings (SSSR count). The highest BCUT2D eigenvalue weighted by Crippen LogP contribution is 2.50. The first kappa shape index (κ1) is 11.8. The molecular weight excluding hydrogens is 224 g/mol. The van der Waals surface area contributed by atoms with E-state index in [1.165, 1.54) is 31.1 Å². The molecule has 2 atom stereocenters. The molecule has 2 aliphatic carbocycles. The molecule has 0 aliphatic heterocycles. The fourth-order valence-electron chi connectivity index (χ4n) is 4.05. The van der Waals surface area contributed by atoms with E-state index in [1.54, 1.807) is 0 Å². The van der Waals surface area contributed by atoms with Gasteiger partial charge in [-0.15, -0.1) is 0 Å². The first-order chi connectivity index (χ1) is 8.79. The zero-order chi connectivity index (χ0) is 12.6. The SMILES string of the molecule is COC(=O)C12CCCCC1CCc1ccccc12. The maximum absolute atomic E-state index is 12.5. The van der Waals surface area contributed by atoms with Crippen molar-refractivity contribution in [2.75, 3.05) is 7.11 Å². The average molecular weight is 244 g/mol. The van der Waals surface area contributed by atoms with Crippen LogP contribution in [-0.2, 0) is 21.4 Å². The fraction of sp³-hybridized carbons (Fsp3) is 0.562. The van der Waals surface area contributed by atoms with E-state index in [2.05, 4.69) is 24.3 Å². The normalized spacial score (nSPS) is 30.2. The van der Waals surface area contributed by atoms with Crippen LogP contribution in [0.15, 0.2) is 24.3 Å². The summed E-state index contributed by atoms with van der Waals surface area (Å²) in [4.78, 5) is 12.5. The molecule has 2 unspecified atom stereocenters. The van der Waals surface area contributed by atoms with Gasteiger partial charge in [0.2, 0.25) is 0 Å². The van der Waals surface area contributed by atoms with E-state index in [9.17, 15) is 4.79 Å². The number of methoxy groups -OCH3 is 1. The Labute approximate surface area is 108 Å². The van der Waals surface area contributed by atoms with E-state index >= 15 is 0 Å². The summed E-state index contributed by atoms with van der Waals surface area (Å²) in [6.45, 7) is 0. The topological polar surface area (TPSA) is 26.3 Å². The summed E-state index contributed by atoms with van der Waals surface area (Å²) >= 11 is 0. The molecular formula is C16H20O2. The molecule has 1 aromatic carbocycles. The molecule has 0 spiro atoms. The van der Waals surface area contributed by atoms with Crippen LogP contribution >= 0.6 is 0 Å². The van der Waals surface area contributed by atoms with Gasteiger partial charge in [-0.3, -0.25) is 4.79 Å². The lowest BCUT2D eigenvalue weighted by Gasteiger charge is -2.46. The van der Waals surface area contributed by atoms with Gasteiger partial charge in [0.05, 0.1) is 12.5 Å². The molecule has 2 aliphatic rings. The van der Waals surface area contributed by atoms with Crippen molar-refractivity contribution >= 4 is 5.97 Å². The second-order valence-electron chi connectivity index (χ2n) is 5.60. The minimum absolute atomic E-state index is 0.0145. The number of ether oxygens (including phenoxy) is 1. The van der Waals surface area contributed by atoms with Gasteiger partial charge in [-0.2, -0.15) is 0 Å². The molecule has 0 N–H and O–H groups in total. The van der Waals surface area contributed by atoms with Crippen LogP contribution in [0.5, 0.6) is 0 Å². The van der Waals surface area contributed by atoms with Gasteiger partial charge >= 0.3 is 5.97 Å². The first-order valence-electron chi connectivity index (χ1n) is 6.96. The van der Waals surface area contributed by atoms with Crippen molar-refractivity contribution in [2.45, 2.75) is 43.9 Å². The first-order valence-corrected chi connectivity index (χ1v) is 6.96. The largest absolute Gasteiger partial charge is 0.468 e. The highest BCUT2D eigenvalue weighted by molar-refractivity contribution is 5.84. The van der Waals surface area contributed by atoms with E-state index in [1.807, 2.05) is 0 Å². The van der Waals surface area contributed by atoms with Crippen molar-refractivity contribution in [2.24, 2.45) is 5.92 Å². The standard InChI is InChI=1S/C16H20O2/c1-18-15(17)16-11-5-4-7-13(16)10-9-12-6-2-3-8-14(12)16/h2-3,6,8,13H,4-5,7,9-11H2,1H3. The highest BCUT2D eigenvalue weighted by atomic mass is 16.5. The minimum atomic E-state index is -0.345. The Bertz CT molecular complexity index is 466. The smallest absolute Gasteiger partial charge is 0.316 e. The van der Waals surface area contributed by atoms with Crippen LogP contribution in [0.25, 0.3) is 0 Å². The van der Waals surface area contributed by atoms with Crippen molar-refractivity contribution in [3.8, 4) is 0 Å². The van der Waals surface area contributed by atoms with Crippen LogP contribution in [0, 0.1) is 5.92 Å². The number of aryl methyl sites for hydroxylation is 1. The number of hydrogen-bond donors (Lipinski definition) is 0. The Morgan fingerprint density at radius 2 is 2.11 bits per heavy atom. The van der Waals surface area contributed by atoms with Gasteiger partial charge in [0.1, 0.15) is 0 Å². The third kappa shape index (κ3) is 1.51. The molecule has 2 heteroatoms. The third-order valence-corrected chi connectivity index (χ3v) is 4.88. The number of rotatable bonds is 1. The van der Waals surface area contributed by atoms with Crippen LogP contribution in [0.1, 0.15) is 43.2 Å². The molecule has 96 valence electrons. The third-order valence-electron chi connectivity index (χ3n) is 4.88. The summed E-state index contributed by atoms with van der Waals surface area (Å²) < 4.78 is 5.17. The number of carbonyl (C=O) groups excluding carboxylic acids is 1. The molecule has 0 radical (unpaired) electrons. The van der Waals surface area contributed by atoms with Crippen LogP contribution < -0.4 is 0 Å². The lowest BCUT2D eigenvalue weighted by Crippen LogP contribution is -2.48. The molecule has 0 aromatic heterocycles. The Balaban J connectivity index is 2.16. The van der Waals surface area contributed by atoms with E-state index in [0.717, 1.165) is 25.7 Å². The maximum atomic E-state index is 12.5. The predicted octanol–water partition coefficient (Wildman–Crippen LogP) is 3.23. The van der Waals surface area contributed by atoms with Gasteiger partial charge in [-0.05, 0) is 42.7 Å². The van der Waals surface area contributed by atoms with Crippen LogP contribution in [-0.4, -0.2) is 13.1 Å². The van der Waals surface area contributed by atoms with Crippen LogP contribution in [0.4, 0.5) is 0 Å². The average Bonchev–Trinajstić information content (AvgIpc) is 2.46. The summed E-state index contributed by atoms with van der Waals surface area (Å²) in [7, 11) is 1.53. The van der Waals surface area contributed by atoms with Crippen LogP contribution in [0.2, 0.25) is 0 Å². The van der Waals surface area contributed by atoms with Crippen molar-refractivity contribution in [3.63, 3.8) is 0 Å². The Morgan fingerprint density at radius 3 is 2.94 bits per heavy atom. The molecule has 0 saturated heterocycles. The number of benzene rings is 1. The van der Waals surface area contributed by atoms with Gasteiger partial charge in [0.15, 0.2) is 0 Å². The zero-order valence-corrected chi connectivity index (χ0v) is 10.9. The van der Waals surface area contributed by atoms with Gasteiger partial charge in [0, 0.05) is 0 Å². The van der Waals surface area contributed by atoms with E-state index in [-0.39, 0.29) is 11.4 Å². The minimum Gasteiger partial charge on any atom is -0.468 e. The summed E-state index contributed by atoms with van der Waals surface area (Å²) in [6.07, 6.45) is 6.77. The second kappa shape index (κ2) is 4.42. The number of carbonyl (C=O) groups is 1. The fourth-order valence-corrected chi connectivity index (χ4v) is 4.05. The molecule has 0 bridgehead atoms. The monoisotopic (exact) mass is 244 g/mol. The van der Waals surface area contributed by atoms with E-state index in [0.29, 0.717) is 5.92 Å². The summed E-state index contributed by atoms with van der Waals surface area (Å²) in [6, 6.07) is 8.45. The van der Waals surface area contributed by atoms with Crippen molar-refractivity contribution in [1.82, 2.24) is 0 Å². The molecule has 1 fully saturated rings. The van der Waals surface area contributed by atoms with Gasteiger partial charge in [0.25, 0.3) is 0 Å². The van der Waals surface area contributed by atoms with E-state index in [4.69, 9.17) is 4.74 Å². The van der Waals surface area contributed by atoms with Crippen LogP contribution in [0.3, 0.4) is 0 Å². The van der Waals surface area contributed by atoms with Gasteiger partial charge in [-0.25, -0.2) is 0 Å². The number of fused-ring (bicyclic) bond motifs is 3. The summed E-state index contributed by atoms with van der Waals surface area (Å²) in [5, 5.41) is 0. The zero-order valence-electron chi connectivity index (χ0n) is 10.9. The lowest BCUT2D eigenvalue weighted by atomic mass is 9.57. The Morgan fingerprint density at radius 1 is 1.28 bits per heavy atom.